The molecule has 3 aromatic rings. The molecule has 0 bridgehead atoms. The van der Waals surface area contributed by atoms with Gasteiger partial charge in [0.2, 0.25) is 5.91 Å². The number of nitrogens with one attached hydrogen (secondary N) is 3. The van der Waals surface area contributed by atoms with E-state index in [1.54, 1.807) is 48.5 Å². The van der Waals surface area contributed by atoms with E-state index in [0.29, 0.717) is 27.5 Å². The molecule has 3 N–H and O–H groups in total. The van der Waals surface area contributed by atoms with Crippen molar-refractivity contribution in [2.45, 2.75) is 13.8 Å². The standard InChI is InChI=1S/C21H19N3O3S/c1-13-17(22-14(2)25)5-3-6-18(13)24-20(26)15-8-10-16(11-9-15)23-21(27)19-7-4-12-28-19/h3-12H,1-2H3,(H,22,25)(H,23,27)(H,24,26). The summed E-state index contributed by atoms with van der Waals surface area (Å²) in [4.78, 5) is 36.5. The molecule has 7 heteroatoms. The maximum absolute atomic E-state index is 12.5. The van der Waals surface area contributed by atoms with Crippen LogP contribution in [0.25, 0.3) is 0 Å². The summed E-state index contributed by atoms with van der Waals surface area (Å²) in [5.74, 6) is -0.636. The van der Waals surface area contributed by atoms with Gasteiger partial charge in [0.05, 0.1) is 4.88 Å². The smallest absolute Gasteiger partial charge is 0.265 e. The molecule has 6 nitrogen and oxygen atoms in total. The molecule has 0 aliphatic carbocycles. The average Bonchev–Trinajstić information content (AvgIpc) is 3.20. The first-order valence-electron chi connectivity index (χ1n) is 8.57. The summed E-state index contributed by atoms with van der Waals surface area (Å²) in [7, 11) is 0. The van der Waals surface area contributed by atoms with Crippen LogP contribution in [0.1, 0.15) is 32.5 Å². The van der Waals surface area contributed by atoms with Crippen molar-refractivity contribution in [2.24, 2.45) is 0 Å². The van der Waals surface area contributed by atoms with Crippen LogP contribution in [0.2, 0.25) is 0 Å². The number of anilines is 3. The van der Waals surface area contributed by atoms with Gasteiger partial charge in [0.25, 0.3) is 11.8 Å². The number of hydrogen-bond donors (Lipinski definition) is 3. The van der Waals surface area contributed by atoms with E-state index in [-0.39, 0.29) is 17.7 Å². The van der Waals surface area contributed by atoms with Gasteiger partial charge >= 0.3 is 0 Å². The van der Waals surface area contributed by atoms with Gasteiger partial charge in [-0.3, -0.25) is 14.4 Å². The van der Waals surface area contributed by atoms with Gasteiger partial charge in [-0.05, 0) is 60.3 Å². The molecule has 1 aromatic heterocycles. The van der Waals surface area contributed by atoms with Crippen molar-refractivity contribution in [3.8, 4) is 0 Å². The van der Waals surface area contributed by atoms with Gasteiger partial charge in [0.15, 0.2) is 0 Å². The highest BCUT2D eigenvalue weighted by Gasteiger charge is 2.11. The first kappa shape index (κ1) is 19.3. The molecule has 3 amide bonds. The first-order valence-corrected chi connectivity index (χ1v) is 9.45. The zero-order valence-corrected chi connectivity index (χ0v) is 16.2. The highest BCUT2D eigenvalue weighted by atomic mass is 32.1. The van der Waals surface area contributed by atoms with Crippen molar-refractivity contribution < 1.29 is 14.4 Å². The summed E-state index contributed by atoms with van der Waals surface area (Å²) in [5, 5.41) is 10.2. The predicted octanol–water partition coefficient (Wildman–Crippen LogP) is 4.52. The molecule has 1 heterocycles. The van der Waals surface area contributed by atoms with E-state index < -0.39 is 0 Å². The van der Waals surface area contributed by atoms with Crippen LogP contribution in [0, 0.1) is 6.92 Å². The third kappa shape index (κ3) is 4.63. The summed E-state index contributed by atoms with van der Waals surface area (Å²) in [6, 6.07) is 15.5. The van der Waals surface area contributed by atoms with E-state index in [4.69, 9.17) is 0 Å². The van der Waals surface area contributed by atoms with E-state index in [2.05, 4.69) is 16.0 Å². The number of carbonyl (C=O) groups is 3. The second kappa shape index (κ2) is 8.49. The van der Waals surface area contributed by atoms with Crippen LogP contribution in [-0.2, 0) is 4.79 Å². The van der Waals surface area contributed by atoms with Crippen LogP contribution in [0.15, 0.2) is 60.0 Å². The maximum atomic E-state index is 12.5. The minimum atomic E-state index is -0.279. The third-order valence-corrected chi connectivity index (χ3v) is 4.91. The van der Waals surface area contributed by atoms with E-state index in [9.17, 15) is 14.4 Å². The van der Waals surface area contributed by atoms with Crippen LogP contribution >= 0.6 is 11.3 Å². The number of hydrogen-bond acceptors (Lipinski definition) is 4. The lowest BCUT2D eigenvalue weighted by Gasteiger charge is -2.13. The molecule has 0 aliphatic rings. The van der Waals surface area contributed by atoms with Gasteiger partial charge in [-0.1, -0.05) is 12.1 Å². The Labute approximate surface area is 166 Å². The zero-order chi connectivity index (χ0) is 20.1. The summed E-state index contributed by atoms with van der Waals surface area (Å²) in [5.41, 5.74) is 3.10. The van der Waals surface area contributed by atoms with Crippen molar-refractivity contribution in [3.05, 3.63) is 76.0 Å². The van der Waals surface area contributed by atoms with E-state index in [1.807, 2.05) is 18.4 Å². The normalized spacial score (nSPS) is 10.2. The average molecular weight is 393 g/mol. The number of amides is 3. The first-order chi connectivity index (χ1) is 13.4. The number of rotatable bonds is 5. The minimum Gasteiger partial charge on any atom is -0.326 e. The summed E-state index contributed by atoms with van der Waals surface area (Å²) in [6.45, 7) is 3.26. The van der Waals surface area contributed by atoms with Crippen LogP contribution in [0.5, 0.6) is 0 Å². The summed E-state index contributed by atoms with van der Waals surface area (Å²) >= 11 is 1.36. The Hall–Kier alpha value is -3.45. The number of thiophene rings is 1. The fraction of sp³-hybridized carbons (Fsp3) is 0.0952. The molecule has 0 spiro atoms. The van der Waals surface area contributed by atoms with Crippen LogP contribution < -0.4 is 16.0 Å². The van der Waals surface area contributed by atoms with Crippen LogP contribution in [0.4, 0.5) is 17.1 Å². The molecule has 0 saturated carbocycles. The zero-order valence-electron chi connectivity index (χ0n) is 15.4. The lowest BCUT2D eigenvalue weighted by molar-refractivity contribution is -0.114. The molecule has 0 aliphatic heterocycles. The van der Waals surface area contributed by atoms with Gasteiger partial charge in [0.1, 0.15) is 0 Å². The lowest BCUT2D eigenvalue weighted by atomic mass is 10.1. The second-order valence-electron chi connectivity index (χ2n) is 6.12. The van der Waals surface area contributed by atoms with Gasteiger partial charge in [-0.2, -0.15) is 0 Å². The topological polar surface area (TPSA) is 87.3 Å². The molecule has 28 heavy (non-hydrogen) atoms. The molecule has 0 unspecified atom stereocenters. The van der Waals surface area contributed by atoms with Crippen molar-refractivity contribution in [3.63, 3.8) is 0 Å². The predicted molar refractivity (Wildman–Crippen MR) is 112 cm³/mol. The van der Waals surface area contributed by atoms with Gasteiger partial charge < -0.3 is 16.0 Å². The number of benzene rings is 2. The Kier molecular flexibility index (Phi) is 5.86. The molecule has 0 fully saturated rings. The molecule has 0 atom stereocenters. The van der Waals surface area contributed by atoms with Gasteiger partial charge in [0, 0.05) is 29.5 Å². The Morgan fingerprint density at radius 1 is 0.786 bits per heavy atom. The van der Waals surface area contributed by atoms with Gasteiger partial charge in [-0.15, -0.1) is 11.3 Å². The van der Waals surface area contributed by atoms with Crippen LogP contribution in [-0.4, -0.2) is 17.7 Å². The summed E-state index contributed by atoms with van der Waals surface area (Å²) in [6.07, 6.45) is 0. The highest BCUT2D eigenvalue weighted by Crippen LogP contribution is 2.24. The van der Waals surface area contributed by atoms with E-state index >= 15 is 0 Å². The monoisotopic (exact) mass is 393 g/mol. The second-order valence-corrected chi connectivity index (χ2v) is 7.07. The molecule has 142 valence electrons. The quantitative estimate of drug-likeness (QED) is 0.596. The molecular weight excluding hydrogens is 374 g/mol. The molecule has 0 radical (unpaired) electrons. The van der Waals surface area contributed by atoms with Crippen molar-refractivity contribution in [1.82, 2.24) is 0 Å². The van der Waals surface area contributed by atoms with Gasteiger partial charge in [-0.25, -0.2) is 0 Å². The Morgan fingerprint density at radius 2 is 1.46 bits per heavy atom. The SMILES string of the molecule is CC(=O)Nc1cccc(NC(=O)c2ccc(NC(=O)c3cccs3)cc2)c1C. The highest BCUT2D eigenvalue weighted by molar-refractivity contribution is 7.12. The number of carbonyl (C=O) groups excluding carboxylic acids is 3. The van der Waals surface area contributed by atoms with Crippen molar-refractivity contribution in [1.29, 1.82) is 0 Å². The van der Waals surface area contributed by atoms with Crippen molar-refractivity contribution in [2.75, 3.05) is 16.0 Å². The molecule has 3 rings (SSSR count). The third-order valence-electron chi connectivity index (χ3n) is 4.04. The van der Waals surface area contributed by atoms with E-state index in [0.717, 1.165) is 5.56 Å². The minimum absolute atomic E-state index is 0.174. The molecular formula is C21H19N3O3S. The maximum Gasteiger partial charge on any atom is 0.265 e. The Bertz CT molecular complexity index is 1010. The Balaban J connectivity index is 1.68. The van der Waals surface area contributed by atoms with E-state index in [1.165, 1.54) is 18.3 Å². The van der Waals surface area contributed by atoms with Crippen LogP contribution in [0.3, 0.4) is 0 Å². The Morgan fingerprint density at radius 3 is 2.07 bits per heavy atom. The van der Waals surface area contributed by atoms with Crippen molar-refractivity contribution >= 4 is 46.1 Å². The largest absolute Gasteiger partial charge is 0.326 e. The fourth-order valence-corrected chi connectivity index (χ4v) is 3.21. The summed E-state index contributed by atoms with van der Waals surface area (Å²) < 4.78 is 0. The molecule has 0 saturated heterocycles. The lowest BCUT2D eigenvalue weighted by Crippen LogP contribution is -2.15. The fourth-order valence-electron chi connectivity index (χ4n) is 2.60. The molecule has 2 aromatic carbocycles.